The third kappa shape index (κ3) is 2.50. The molecule has 0 aliphatic rings. The fourth-order valence-corrected chi connectivity index (χ4v) is 2.40. The summed E-state index contributed by atoms with van der Waals surface area (Å²) in [7, 11) is 1.63. The Morgan fingerprint density at radius 3 is 2.71 bits per heavy atom. The molecule has 0 saturated heterocycles. The van der Waals surface area contributed by atoms with Crippen molar-refractivity contribution in [1.29, 1.82) is 0 Å². The number of methoxy groups -OCH3 is 1. The first kappa shape index (κ1) is 13.3. The van der Waals surface area contributed by atoms with Crippen molar-refractivity contribution < 1.29 is 9.53 Å². The molecule has 0 atom stereocenters. The lowest BCUT2D eigenvalue weighted by Crippen LogP contribution is -1.95. The van der Waals surface area contributed by atoms with Gasteiger partial charge in [-0.25, -0.2) is 0 Å². The van der Waals surface area contributed by atoms with E-state index >= 15 is 0 Å². The van der Waals surface area contributed by atoms with E-state index < -0.39 is 0 Å². The van der Waals surface area contributed by atoms with E-state index in [-0.39, 0.29) is 5.78 Å². The monoisotopic (exact) mass is 277 g/mol. The number of hydrogen-bond acceptors (Lipinski definition) is 3. The molecule has 0 fully saturated rings. The Hall–Kier alpha value is -2.68. The van der Waals surface area contributed by atoms with E-state index in [0.717, 1.165) is 27.8 Å². The summed E-state index contributed by atoms with van der Waals surface area (Å²) in [5.41, 5.74) is 3.55. The summed E-state index contributed by atoms with van der Waals surface area (Å²) in [6.07, 6.45) is 1.78. The summed E-state index contributed by atoms with van der Waals surface area (Å²) in [6.45, 7) is 1.57. The van der Waals surface area contributed by atoms with E-state index in [1.54, 1.807) is 26.3 Å². The van der Waals surface area contributed by atoms with Crippen LogP contribution in [-0.2, 0) is 0 Å². The molecule has 0 aliphatic carbocycles. The quantitative estimate of drug-likeness (QED) is 0.676. The molecule has 3 rings (SSSR count). The molecular formula is C18H15NO2. The summed E-state index contributed by atoms with van der Waals surface area (Å²) in [5.74, 6) is 0.796. The number of Topliss-reactive ketones (excluding diaryl/α,β-unsaturated/α-hetero) is 1. The van der Waals surface area contributed by atoms with Crippen molar-refractivity contribution in [1.82, 2.24) is 4.98 Å². The van der Waals surface area contributed by atoms with Crippen molar-refractivity contribution >= 4 is 16.7 Å². The number of pyridine rings is 1. The van der Waals surface area contributed by atoms with Gasteiger partial charge in [0.05, 0.1) is 12.6 Å². The maximum Gasteiger partial charge on any atom is 0.159 e. The molecule has 21 heavy (non-hydrogen) atoms. The van der Waals surface area contributed by atoms with E-state index in [2.05, 4.69) is 11.1 Å². The summed E-state index contributed by atoms with van der Waals surface area (Å²) in [4.78, 5) is 15.9. The van der Waals surface area contributed by atoms with Crippen LogP contribution in [0.15, 0.2) is 54.7 Å². The van der Waals surface area contributed by atoms with Gasteiger partial charge >= 0.3 is 0 Å². The third-order valence-corrected chi connectivity index (χ3v) is 3.52. The van der Waals surface area contributed by atoms with Crippen molar-refractivity contribution in [2.75, 3.05) is 7.11 Å². The molecule has 3 heteroatoms. The normalized spacial score (nSPS) is 10.6. The van der Waals surface area contributed by atoms with E-state index in [1.165, 1.54) is 0 Å². The zero-order valence-electron chi connectivity index (χ0n) is 12.0. The van der Waals surface area contributed by atoms with Gasteiger partial charge in [0.25, 0.3) is 0 Å². The highest BCUT2D eigenvalue weighted by atomic mass is 16.5. The van der Waals surface area contributed by atoms with Crippen LogP contribution in [0.2, 0.25) is 0 Å². The second-order valence-corrected chi connectivity index (χ2v) is 4.88. The number of aromatic nitrogens is 1. The Morgan fingerprint density at radius 1 is 1.10 bits per heavy atom. The number of nitrogens with zero attached hydrogens (tertiary/aromatic N) is 1. The summed E-state index contributed by atoms with van der Waals surface area (Å²) in [5, 5.41) is 1.06. The SMILES string of the molecule is COc1ccc(C(C)=O)cc1-c1ccc2ncccc2c1. The Labute approximate surface area is 123 Å². The van der Waals surface area contributed by atoms with Crippen molar-refractivity contribution in [2.24, 2.45) is 0 Å². The fraction of sp³-hybridized carbons (Fsp3) is 0.111. The van der Waals surface area contributed by atoms with Gasteiger partial charge in [-0.15, -0.1) is 0 Å². The Bertz CT molecular complexity index is 824. The van der Waals surface area contributed by atoms with E-state index in [4.69, 9.17) is 4.74 Å². The van der Waals surface area contributed by atoms with Crippen molar-refractivity contribution in [3.63, 3.8) is 0 Å². The summed E-state index contributed by atoms with van der Waals surface area (Å²) < 4.78 is 5.42. The average Bonchev–Trinajstić information content (AvgIpc) is 2.53. The van der Waals surface area contributed by atoms with Gasteiger partial charge in [-0.05, 0) is 48.9 Å². The predicted molar refractivity (Wildman–Crippen MR) is 83.7 cm³/mol. The Morgan fingerprint density at radius 2 is 1.95 bits per heavy atom. The van der Waals surface area contributed by atoms with Crippen LogP contribution in [0, 0.1) is 0 Å². The molecule has 104 valence electrons. The van der Waals surface area contributed by atoms with Crippen LogP contribution in [-0.4, -0.2) is 17.9 Å². The van der Waals surface area contributed by atoms with E-state index in [9.17, 15) is 4.79 Å². The van der Waals surface area contributed by atoms with Gasteiger partial charge in [-0.2, -0.15) is 0 Å². The fourth-order valence-electron chi connectivity index (χ4n) is 2.40. The first-order valence-corrected chi connectivity index (χ1v) is 6.73. The standard InChI is InChI=1S/C18H15NO2/c1-12(20)13-6-8-18(21-2)16(11-13)14-5-7-17-15(10-14)4-3-9-19-17/h3-11H,1-2H3. The molecule has 0 bridgehead atoms. The van der Waals surface area contributed by atoms with Gasteiger partial charge in [0.2, 0.25) is 0 Å². The zero-order chi connectivity index (χ0) is 14.8. The van der Waals surface area contributed by atoms with Crippen molar-refractivity contribution in [3.05, 3.63) is 60.3 Å². The van der Waals surface area contributed by atoms with Crippen LogP contribution in [0.25, 0.3) is 22.0 Å². The van der Waals surface area contributed by atoms with E-state index in [0.29, 0.717) is 5.56 Å². The number of rotatable bonds is 3. The average molecular weight is 277 g/mol. The van der Waals surface area contributed by atoms with Crippen LogP contribution in [0.5, 0.6) is 5.75 Å². The zero-order valence-corrected chi connectivity index (χ0v) is 12.0. The lowest BCUT2D eigenvalue weighted by atomic mass is 9.99. The molecule has 1 heterocycles. The molecule has 0 N–H and O–H groups in total. The van der Waals surface area contributed by atoms with Crippen molar-refractivity contribution in [3.8, 4) is 16.9 Å². The Balaban J connectivity index is 2.20. The second-order valence-electron chi connectivity index (χ2n) is 4.88. The van der Waals surface area contributed by atoms with Crippen LogP contribution < -0.4 is 4.74 Å². The second kappa shape index (κ2) is 5.37. The highest BCUT2D eigenvalue weighted by molar-refractivity contribution is 5.96. The minimum absolute atomic E-state index is 0.0429. The largest absolute Gasteiger partial charge is 0.496 e. The lowest BCUT2D eigenvalue weighted by molar-refractivity contribution is 0.101. The number of fused-ring (bicyclic) bond motifs is 1. The lowest BCUT2D eigenvalue weighted by Gasteiger charge is -2.11. The number of hydrogen-bond donors (Lipinski definition) is 0. The highest BCUT2D eigenvalue weighted by Crippen LogP contribution is 2.32. The van der Waals surface area contributed by atoms with Crippen LogP contribution in [0.3, 0.4) is 0 Å². The molecule has 2 aromatic carbocycles. The predicted octanol–water partition coefficient (Wildman–Crippen LogP) is 4.11. The van der Waals surface area contributed by atoms with Crippen molar-refractivity contribution in [2.45, 2.75) is 6.92 Å². The van der Waals surface area contributed by atoms with Crippen LogP contribution >= 0.6 is 0 Å². The number of ketones is 1. The minimum Gasteiger partial charge on any atom is -0.496 e. The molecule has 1 aromatic heterocycles. The van der Waals surface area contributed by atoms with Gasteiger partial charge in [0, 0.05) is 22.7 Å². The molecule has 0 unspecified atom stereocenters. The maximum atomic E-state index is 11.6. The molecule has 3 aromatic rings. The van der Waals surface area contributed by atoms with Gasteiger partial charge < -0.3 is 4.74 Å². The molecule has 0 aliphatic heterocycles. The molecule has 0 spiro atoms. The van der Waals surface area contributed by atoms with Gasteiger partial charge in [0.15, 0.2) is 5.78 Å². The molecule has 0 saturated carbocycles. The molecule has 0 amide bonds. The van der Waals surface area contributed by atoms with Crippen LogP contribution in [0.4, 0.5) is 0 Å². The number of ether oxygens (including phenoxy) is 1. The van der Waals surface area contributed by atoms with Gasteiger partial charge in [-0.1, -0.05) is 12.1 Å². The first-order chi connectivity index (χ1) is 10.2. The number of benzene rings is 2. The third-order valence-electron chi connectivity index (χ3n) is 3.52. The summed E-state index contributed by atoms with van der Waals surface area (Å²) in [6, 6.07) is 15.5. The van der Waals surface area contributed by atoms with Crippen LogP contribution in [0.1, 0.15) is 17.3 Å². The number of carbonyl (C=O) groups is 1. The van der Waals surface area contributed by atoms with Gasteiger partial charge in [0.1, 0.15) is 5.75 Å². The summed E-state index contributed by atoms with van der Waals surface area (Å²) >= 11 is 0. The topological polar surface area (TPSA) is 39.2 Å². The molecule has 0 radical (unpaired) electrons. The molecule has 3 nitrogen and oxygen atoms in total. The Kier molecular flexibility index (Phi) is 3.40. The minimum atomic E-state index is 0.0429. The smallest absolute Gasteiger partial charge is 0.159 e. The number of carbonyl (C=O) groups excluding carboxylic acids is 1. The van der Waals surface area contributed by atoms with Gasteiger partial charge in [-0.3, -0.25) is 9.78 Å². The highest BCUT2D eigenvalue weighted by Gasteiger charge is 2.10. The molecular weight excluding hydrogens is 262 g/mol. The first-order valence-electron chi connectivity index (χ1n) is 6.73. The van der Waals surface area contributed by atoms with E-state index in [1.807, 2.05) is 36.4 Å². The maximum absolute atomic E-state index is 11.6.